The summed E-state index contributed by atoms with van der Waals surface area (Å²) in [6, 6.07) is 5.85. The average molecular weight is 329 g/mol. The molecule has 0 radical (unpaired) electrons. The van der Waals surface area contributed by atoms with Gasteiger partial charge >= 0.3 is 0 Å². The summed E-state index contributed by atoms with van der Waals surface area (Å²) in [7, 11) is 1.65. The molecular weight excluding hydrogens is 308 g/mol. The summed E-state index contributed by atoms with van der Waals surface area (Å²) in [5.74, 6) is 0.813. The number of ether oxygens (including phenoxy) is 2. The zero-order valence-electron chi connectivity index (χ0n) is 11.7. The molecule has 1 aliphatic heterocycles. The summed E-state index contributed by atoms with van der Waals surface area (Å²) >= 11 is 3.54. The van der Waals surface area contributed by atoms with Crippen LogP contribution in [0.2, 0.25) is 0 Å². The Labute approximate surface area is 123 Å². The van der Waals surface area contributed by atoms with E-state index in [4.69, 9.17) is 9.47 Å². The van der Waals surface area contributed by atoms with Gasteiger partial charge in [0.15, 0.2) is 0 Å². The molecule has 3 nitrogen and oxygen atoms in total. The fraction of sp³-hybridized carbons (Fsp3) is 0.600. The normalized spacial score (nSPS) is 26.2. The third-order valence-corrected chi connectivity index (χ3v) is 4.36. The number of hydrogen-bond donors (Lipinski definition) is 1. The van der Waals surface area contributed by atoms with Crippen molar-refractivity contribution < 1.29 is 14.6 Å². The second-order valence-corrected chi connectivity index (χ2v) is 6.75. The van der Waals surface area contributed by atoms with Crippen molar-refractivity contribution in [3.8, 4) is 5.75 Å². The van der Waals surface area contributed by atoms with Gasteiger partial charge in [-0.1, -0.05) is 15.9 Å². The van der Waals surface area contributed by atoms with E-state index < -0.39 is 5.60 Å². The van der Waals surface area contributed by atoms with Gasteiger partial charge in [-0.25, -0.2) is 0 Å². The minimum atomic E-state index is -0.712. The molecule has 1 unspecified atom stereocenters. The molecule has 1 saturated heterocycles. The molecule has 1 atom stereocenters. The Morgan fingerprint density at radius 2 is 2.16 bits per heavy atom. The molecule has 1 fully saturated rings. The van der Waals surface area contributed by atoms with E-state index in [1.807, 2.05) is 32.0 Å². The molecule has 0 aromatic heterocycles. The van der Waals surface area contributed by atoms with Crippen LogP contribution in [0.1, 0.15) is 32.3 Å². The molecule has 1 aromatic rings. The van der Waals surface area contributed by atoms with Gasteiger partial charge in [0.2, 0.25) is 0 Å². The topological polar surface area (TPSA) is 38.7 Å². The number of benzene rings is 1. The van der Waals surface area contributed by atoms with Crippen LogP contribution in [-0.2, 0) is 11.2 Å². The largest absolute Gasteiger partial charge is 0.497 e. The predicted molar refractivity (Wildman–Crippen MR) is 78.6 cm³/mol. The molecule has 1 aliphatic rings. The van der Waals surface area contributed by atoms with E-state index in [1.165, 1.54) is 0 Å². The third kappa shape index (κ3) is 3.71. The quantitative estimate of drug-likeness (QED) is 0.925. The molecule has 0 aliphatic carbocycles. The van der Waals surface area contributed by atoms with Crippen molar-refractivity contribution in [2.45, 2.75) is 44.3 Å². The lowest BCUT2D eigenvalue weighted by Gasteiger charge is -2.41. The Morgan fingerprint density at radius 1 is 1.42 bits per heavy atom. The molecule has 106 valence electrons. The van der Waals surface area contributed by atoms with Gasteiger partial charge in [0.1, 0.15) is 5.75 Å². The van der Waals surface area contributed by atoms with Crippen LogP contribution in [0, 0.1) is 0 Å². The van der Waals surface area contributed by atoms with Gasteiger partial charge in [0, 0.05) is 17.3 Å². The number of halogens is 1. The highest BCUT2D eigenvalue weighted by molar-refractivity contribution is 9.10. The molecule has 1 heterocycles. The minimum absolute atomic E-state index is 0.266. The van der Waals surface area contributed by atoms with Crippen molar-refractivity contribution in [3.05, 3.63) is 28.2 Å². The van der Waals surface area contributed by atoms with Crippen molar-refractivity contribution in [2.75, 3.05) is 13.7 Å². The Hall–Kier alpha value is -0.580. The second kappa shape index (κ2) is 5.43. The molecule has 1 aromatic carbocycles. The van der Waals surface area contributed by atoms with Crippen molar-refractivity contribution >= 4 is 15.9 Å². The van der Waals surface area contributed by atoms with Crippen LogP contribution in [0.3, 0.4) is 0 Å². The van der Waals surface area contributed by atoms with E-state index in [0.29, 0.717) is 25.9 Å². The lowest BCUT2D eigenvalue weighted by Crippen LogP contribution is -2.47. The lowest BCUT2D eigenvalue weighted by atomic mass is 9.80. The highest BCUT2D eigenvalue weighted by Gasteiger charge is 2.39. The Bertz CT molecular complexity index is 459. The average Bonchev–Trinajstić information content (AvgIpc) is 2.30. The van der Waals surface area contributed by atoms with Crippen LogP contribution in [0.4, 0.5) is 0 Å². The van der Waals surface area contributed by atoms with Gasteiger partial charge in [0.05, 0.1) is 24.9 Å². The van der Waals surface area contributed by atoms with Crippen LogP contribution >= 0.6 is 15.9 Å². The number of rotatable bonds is 3. The third-order valence-electron chi connectivity index (χ3n) is 3.59. The summed E-state index contributed by atoms with van der Waals surface area (Å²) in [5.41, 5.74) is 0.0918. The van der Waals surface area contributed by atoms with Crippen LogP contribution in [0.5, 0.6) is 5.75 Å². The van der Waals surface area contributed by atoms with E-state index in [-0.39, 0.29) is 5.60 Å². The minimum Gasteiger partial charge on any atom is -0.497 e. The van der Waals surface area contributed by atoms with Gasteiger partial charge in [-0.3, -0.25) is 0 Å². The highest BCUT2D eigenvalue weighted by atomic mass is 79.9. The van der Waals surface area contributed by atoms with Crippen molar-refractivity contribution in [1.82, 2.24) is 0 Å². The van der Waals surface area contributed by atoms with Crippen molar-refractivity contribution in [1.29, 1.82) is 0 Å². The Morgan fingerprint density at radius 3 is 2.79 bits per heavy atom. The van der Waals surface area contributed by atoms with Gasteiger partial charge in [-0.2, -0.15) is 0 Å². The maximum Gasteiger partial charge on any atom is 0.119 e. The summed E-state index contributed by atoms with van der Waals surface area (Å²) in [6.45, 7) is 4.65. The van der Waals surface area contributed by atoms with Gasteiger partial charge in [0.25, 0.3) is 0 Å². The van der Waals surface area contributed by atoms with Crippen LogP contribution in [0.25, 0.3) is 0 Å². The van der Waals surface area contributed by atoms with E-state index in [1.54, 1.807) is 7.11 Å². The number of methoxy groups -OCH3 is 1. The van der Waals surface area contributed by atoms with Gasteiger partial charge in [-0.05, 0) is 44.0 Å². The summed E-state index contributed by atoms with van der Waals surface area (Å²) in [4.78, 5) is 0. The second-order valence-electron chi connectivity index (χ2n) is 5.89. The Kier molecular flexibility index (Phi) is 4.23. The van der Waals surface area contributed by atoms with Crippen LogP contribution in [-0.4, -0.2) is 30.0 Å². The zero-order chi connectivity index (χ0) is 14.1. The predicted octanol–water partition coefficient (Wildman–Crippen LogP) is 3.32. The smallest absolute Gasteiger partial charge is 0.119 e. The van der Waals surface area contributed by atoms with E-state index >= 15 is 0 Å². The Balaban J connectivity index is 2.20. The molecular formula is C15H21BrO3. The SMILES string of the molecule is COc1ccc(Br)c(CC2(O)CCOC(C)(C)C2)c1. The fourth-order valence-electron chi connectivity index (χ4n) is 2.77. The monoisotopic (exact) mass is 328 g/mol. The van der Waals surface area contributed by atoms with E-state index in [0.717, 1.165) is 15.8 Å². The number of aliphatic hydroxyl groups is 1. The van der Waals surface area contributed by atoms with Crippen LogP contribution < -0.4 is 4.74 Å². The van der Waals surface area contributed by atoms with Gasteiger partial charge in [-0.15, -0.1) is 0 Å². The maximum absolute atomic E-state index is 10.8. The van der Waals surface area contributed by atoms with E-state index in [9.17, 15) is 5.11 Å². The molecule has 4 heteroatoms. The van der Waals surface area contributed by atoms with E-state index in [2.05, 4.69) is 15.9 Å². The molecule has 19 heavy (non-hydrogen) atoms. The fourth-order valence-corrected chi connectivity index (χ4v) is 3.15. The maximum atomic E-state index is 10.8. The first kappa shape index (κ1) is 14.8. The summed E-state index contributed by atoms with van der Waals surface area (Å²) in [5, 5.41) is 10.8. The van der Waals surface area contributed by atoms with Gasteiger partial charge < -0.3 is 14.6 Å². The molecule has 2 rings (SSSR count). The molecule has 0 spiro atoms. The zero-order valence-corrected chi connectivity index (χ0v) is 13.3. The first-order valence-electron chi connectivity index (χ1n) is 6.52. The summed E-state index contributed by atoms with van der Waals surface area (Å²) < 4.78 is 11.9. The molecule has 0 amide bonds. The lowest BCUT2D eigenvalue weighted by molar-refractivity contribution is -0.143. The highest BCUT2D eigenvalue weighted by Crippen LogP contribution is 2.36. The number of hydrogen-bond acceptors (Lipinski definition) is 3. The molecule has 0 bridgehead atoms. The van der Waals surface area contributed by atoms with Crippen LogP contribution in [0.15, 0.2) is 22.7 Å². The summed E-state index contributed by atoms with van der Waals surface area (Å²) in [6.07, 6.45) is 1.92. The first-order valence-corrected chi connectivity index (χ1v) is 7.32. The first-order chi connectivity index (χ1) is 8.84. The molecule has 1 N–H and O–H groups in total. The molecule has 0 saturated carbocycles. The standard InChI is InChI=1S/C15H21BrO3/c1-14(2)10-15(17,6-7-19-14)9-11-8-12(18-3)4-5-13(11)16/h4-5,8,17H,6-7,9-10H2,1-3H3. The van der Waals surface area contributed by atoms with Crippen molar-refractivity contribution in [3.63, 3.8) is 0 Å². The van der Waals surface area contributed by atoms with Crippen molar-refractivity contribution in [2.24, 2.45) is 0 Å².